The van der Waals surface area contributed by atoms with Crippen molar-refractivity contribution in [1.29, 1.82) is 0 Å². The molecule has 19 heavy (non-hydrogen) atoms. The number of anilines is 1. The number of carboxylic acids is 1. The molecule has 1 aromatic carbocycles. The molecule has 0 amide bonds. The lowest BCUT2D eigenvalue weighted by Gasteiger charge is -2.29. The van der Waals surface area contributed by atoms with Crippen molar-refractivity contribution in [3.8, 4) is 0 Å². The van der Waals surface area contributed by atoms with Gasteiger partial charge in [-0.15, -0.1) is 0 Å². The largest absolute Gasteiger partial charge is 0.478 e. The lowest BCUT2D eigenvalue weighted by atomic mass is 10.1. The summed E-state index contributed by atoms with van der Waals surface area (Å²) in [5, 5.41) is 9.90. The fourth-order valence-electron chi connectivity index (χ4n) is 2.40. The lowest BCUT2D eigenvalue weighted by molar-refractivity contribution is 0.0699. The van der Waals surface area contributed by atoms with Crippen LogP contribution < -0.4 is 4.90 Å². The third kappa shape index (κ3) is 2.13. The van der Waals surface area contributed by atoms with E-state index >= 15 is 0 Å². The van der Waals surface area contributed by atoms with Crippen LogP contribution >= 0.6 is 0 Å². The van der Waals surface area contributed by atoms with Gasteiger partial charge < -0.3 is 14.7 Å². The van der Waals surface area contributed by atoms with E-state index in [2.05, 4.69) is 9.88 Å². The summed E-state index contributed by atoms with van der Waals surface area (Å²) in [6.07, 6.45) is 1.69. The molecule has 1 aromatic heterocycles. The van der Waals surface area contributed by atoms with E-state index in [0.717, 1.165) is 24.3 Å². The SMILES string of the molecule is O=C(O)c1ccc(N2CCOCC2)c2ncccc12. The zero-order valence-electron chi connectivity index (χ0n) is 10.4. The average Bonchev–Trinajstić information content (AvgIpc) is 2.47. The molecule has 0 atom stereocenters. The standard InChI is InChI=1S/C14H14N2O3/c17-14(18)11-3-4-12(16-6-8-19-9-7-16)13-10(11)2-1-5-15-13/h1-5H,6-9H2,(H,17,18). The topological polar surface area (TPSA) is 62.7 Å². The van der Waals surface area contributed by atoms with Gasteiger partial charge in [0.25, 0.3) is 0 Å². The number of nitrogens with zero attached hydrogens (tertiary/aromatic N) is 2. The molecule has 0 unspecified atom stereocenters. The van der Waals surface area contributed by atoms with Crippen LogP contribution in [0.3, 0.4) is 0 Å². The highest BCUT2D eigenvalue weighted by Gasteiger charge is 2.17. The smallest absolute Gasteiger partial charge is 0.336 e. The van der Waals surface area contributed by atoms with Crippen molar-refractivity contribution in [2.75, 3.05) is 31.2 Å². The van der Waals surface area contributed by atoms with Gasteiger partial charge in [-0.1, -0.05) is 6.07 Å². The number of benzene rings is 1. The van der Waals surface area contributed by atoms with Crippen LogP contribution in [-0.2, 0) is 4.74 Å². The molecule has 2 aromatic rings. The summed E-state index contributed by atoms with van der Waals surface area (Å²) in [6.45, 7) is 2.99. The summed E-state index contributed by atoms with van der Waals surface area (Å²) in [5.41, 5.74) is 2.01. The number of rotatable bonds is 2. The van der Waals surface area contributed by atoms with Crippen molar-refractivity contribution in [2.45, 2.75) is 0 Å². The predicted octanol–water partition coefficient (Wildman–Crippen LogP) is 1.77. The first-order chi connectivity index (χ1) is 9.27. The summed E-state index contributed by atoms with van der Waals surface area (Å²) in [5.74, 6) is -0.925. The van der Waals surface area contributed by atoms with Gasteiger partial charge in [-0.25, -0.2) is 4.79 Å². The van der Waals surface area contributed by atoms with Crippen molar-refractivity contribution in [3.63, 3.8) is 0 Å². The summed E-state index contributed by atoms with van der Waals surface area (Å²) >= 11 is 0. The van der Waals surface area contributed by atoms with Crippen LogP contribution in [0.4, 0.5) is 5.69 Å². The Labute approximate surface area is 110 Å². The van der Waals surface area contributed by atoms with Gasteiger partial charge in [0.2, 0.25) is 0 Å². The number of ether oxygens (including phenoxy) is 1. The van der Waals surface area contributed by atoms with Gasteiger partial charge in [0.1, 0.15) is 0 Å². The Kier molecular flexibility index (Phi) is 3.05. The Balaban J connectivity index is 2.15. The summed E-state index contributed by atoms with van der Waals surface area (Å²) in [6, 6.07) is 7.05. The average molecular weight is 258 g/mol. The van der Waals surface area contributed by atoms with E-state index in [4.69, 9.17) is 4.74 Å². The van der Waals surface area contributed by atoms with Crippen LogP contribution in [0.5, 0.6) is 0 Å². The Bertz CT molecular complexity index is 621. The number of carbonyl (C=O) groups is 1. The quantitative estimate of drug-likeness (QED) is 0.889. The third-order valence-corrected chi connectivity index (χ3v) is 3.33. The molecule has 5 heteroatoms. The first kappa shape index (κ1) is 11.9. The van der Waals surface area contributed by atoms with Crippen LogP contribution in [-0.4, -0.2) is 42.4 Å². The fourth-order valence-corrected chi connectivity index (χ4v) is 2.40. The van der Waals surface area contributed by atoms with Crippen molar-refractivity contribution in [2.24, 2.45) is 0 Å². The molecule has 1 aliphatic heterocycles. The van der Waals surface area contributed by atoms with Crippen LogP contribution in [0.2, 0.25) is 0 Å². The molecule has 1 saturated heterocycles. The maximum atomic E-state index is 11.2. The molecule has 0 radical (unpaired) electrons. The molecule has 2 heterocycles. The highest BCUT2D eigenvalue weighted by molar-refractivity contribution is 6.06. The van der Waals surface area contributed by atoms with Gasteiger partial charge in [-0.3, -0.25) is 4.98 Å². The Hall–Kier alpha value is -2.14. The molecule has 5 nitrogen and oxygen atoms in total. The van der Waals surface area contributed by atoms with Crippen LogP contribution in [0, 0.1) is 0 Å². The van der Waals surface area contributed by atoms with Crippen molar-refractivity contribution in [3.05, 3.63) is 36.0 Å². The second kappa shape index (κ2) is 4.85. The van der Waals surface area contributed by atoms with Gasteiger partial charge in [-0.05, 0) is 18.2 Å². The highest BCUT2D eigenvalue weighted by Crippen LogP contribution is 2.28. The third-order valence-electron chi connectivity index (χ3n) is 3.33. The minimum atomic E-state index is -0.925. The van der Waals surface area contributed by atoms with E-state index in [1.807, 2.05) is 6.07 Å². The predicted molar refractivity (Wildman–Crippen MR) is 71.7 cm³/mol. The van der Waals surface area contributed by atoms with Gasteiger partial charge in [0, 0.05) is 24.7 Å². The molecule has 0 bridgehead atoms. The monoisotopic (exact) mass is 258 g/mol. The fraction of sp³-hybridized carbons (Fsp3) is 0.286. The molecule has 3 rings (SSSR count). The molecule has 0 spiro atoms. The van der Waals surface area contributed by atoms with E-state index in [1.165, 1.54) is 0 Å². The number of carboxylic acid groups (broad SMARTS) is 1. The molecule has 98 valence electrons. The number of hydrogen-bond donors (Lipinski definition) is 1. The van der Waals surface area contributed by atoms with E-state index < -0.39 is 5.97 Å². The minimum Gasteiger partial charge on any atom is -0.478 e. The highest BCUT2D eigenvalue weighted by atomic mass is 16.5. The van der Waals surface area contributed by atoms with Crippen molar-refractivity contribution < 1.29 is 14.6 Å². The molecule has 0 saturated carbocycles. The second-order valence-corrected chi connectivity index (χ2v) is 4.44. The molecule has 1 aliphatic rings. The molecule has 1 fully saturated rings. The number of aromatic carboxylic acids is 1. The van der Waals surface area contributed by atoms with Gasteiger partial charge >= 0.3 is 5.97 Å². The number of morpholine rings is 1. The van der Waals surface area contributed by atoms with E-state index in [-0.39, 0.29) is 0 Å². The van der Waals surface area contributed by atoms with Crippen LogP contribution in [0.1, 0.15) is 10.4 Å². The lowest BCUT2D eigenvalue weighted by Crippen LogP contribution is -2.36. The Morgan fingerprint density at radius 1 is 1.26 bits per heavy atom. The van der Waals surface area contributed by atoms with Crippen LogP contribution in [0.15, 0.2) is 30.5 Å². The summed E-state index contributed by atoms with van der Waals surface area (Å²) < 4.78 is 5.34. The second-order valence-electron chi connectivity index (χ2n) is 4.44. The van der Waals surface area contributed by atoms with E-state index in [0.29, 0.717) is 24.2 Å². The minimum absolute atomic E-state index is 0.292. The maximum Gasteiger partial charge on any atom is 0.336 e. The first-order valence-corrected chi connectivity index (χ1v) is 6.21. The Morgan fingerprint density at radius 2 is 2.05 bits per heavy atom. The molecular weight excluding hydrogens is 244 g/mol. The summed E-state index contributed by atoms with van der Waals surface area (Å²) in [4.78, 5) is 17.8. The van der Waals surface area contributed by atoms with E-state index in [1.54, 1.807) is 24.4 Å². The van der Waals surface area contributed by atoms with Crippen LogP contribution in [0.25, 0.3) is 10.9 Å². The normalized spacial score (nSPS) is 15.7. The Morgan fingerprint density at radius 3 is 2.79 bits per heavy atom. The maximum absolute atomic E-state index is 11.2. The molecule has 1 N–H and O–H groups in total. The van der Waals surface area contributed by atoms with Gasteiger partial charge in [0.05, 0.1) is 30.0 Å². The van der Waals surface area contributed by atoms with Gasteiger partial charge in [-0.2, -0.15) is 0 Å². The van der Waals surface area contributed by atoms with Crippen molar-refractivity contribution in [1.82, 2.24) is 4.98 Å². The number of fused-ring (bicyclic) bond motifs is 1. The van der Waals surface area contributed by atoms with Crippen molar-refractivity contribution >= 4 is 22.6 Å². The first-order valence-electron chi connectivity index (χ1n) is 6.21. The molecule has 0 aliphatic carbocycles. The molecular formula is C14H14N2O3. The zero-order chi connectivity index (χ0) is 13.2. The number of hydrogen-bond acceptors (Lipinski definition) is 4. The summed E-state index contributed by atoms with van der Waals surface area (Å²) in [7, 11) is 0. The number of aromatic nitrogens is 1. The van der Waals surface area contributed by atoms with Gasteiger partial charge in [0.15, 0.2) is 0 Å². The van der Waals surface area contributed by atoms with E-state index in [9.17, 15) is 9.90 Å². The zero-order valence-corrected chi connectivity index (χ0v) is 10.4. The number of pyridine rings is 1.